The number of phenolic OH excluding ortho intramolecular Hbond substituents is 2. The number of amides is 1. The molecule has 0 aromatic heterocycles. The Morgan fingerprint density at radius 3 is 2.55 bits per heavy atom. The molecular weight excluding hydrogens is 347 g/mol. The van der Waals surface area contributed by atoms with Gasteiger partial charge in [-0.1, -0.05) is 0 Å². The molecule has 1 saturated heterocycles. The topological polar surface area (TPSA) is 64.0 Å². The number of benzene rings is 1. The van der Waals surface area contributed by atoms with Crippen LogP contribution in [0, 0.1) is 0 Å². The van der Waals surface area contributed by atoms with Gasteiger partial charge in [-0.3, -0.25) is 0 Å². The fraction of sp³-hybridized carbons (Fsp3) is 0.375. The molecule has 1 aliphatic carbocycles. The van der Waals surface area contributed by atoms with Crippen LogP contribution in [0.3, 0.4) is 0 Å². The molecule has 1 heterocycles. The standard InChI is InChI=1S/C16H18N2O3Se/c1-17-12(8-10-6-7-13(19)14(20)9-10)15(21)18(16(17)22)11-4-2-3-5-11/h6-9,11,19-20H,2-5H2,1H3. The quantitative estimate of drug-likeness (QED) is 0.473. The summed E-state index contributed by atoms with van der Waals surface area (Å²) in [6.07, 6.45) is 6.14. The molecule has 116 valence electrons. The second-order valence-electron chi connectivity index (χ2n) is 5.73. The minimum absolute atomic E-state index is 0.0179. The van der Waals surface area contributed by atoms with Gasteiger partial charge < -0.3 is 0 Å². The summed E-state index contributed by atoms with van der Waals surface area (Å²) >= 11 is 3.00. The fourth-order valence-corrected chi connectivity index (χ4v) is 3.74. The predicted octanol–water partition coefficient (Wildman–Crippen LogP) is 1.41. The van der Waals surface area contributed by atoms with Crippen molar-refractivity contribution in [3.63, 3.8) is 0 Å². The Bertz CT molecular complexity index is 665. The minimum atomic E-state index is -0.192. The molecule has 5 nitrogen and oxygen atoms in total. The van der Waals surface area contributed by atoms with Crippen molar-refractivity contribution in [1.29, 1.82) is 0 Å². The van der Waals surface area contributed by atoms with E-state index in [1.807, 2.05) is 16.8 Å². The Morgan fingerprint density at radius 2 is 1.91 bits per heavy atom. The number of carbonyl (C=O) groups excluding carboxylic acids is 1. The molecule has 6 heteroatoms. The number of nitrogens with zero attached hydrogens (tertiary/aromatic N) is 2. The van der Waals surface area contributed by atoms with Gasteiger partial charge in [0.25, 0.3) is 0 Å². The third-order valence-electron chi connectivity index (χ3n) is 4.28. The van der Waals surface area contributed by atoms with Gasteiger partial charge in [-0.25, -0.2) is 0 Å². The number of aromatic hydroxyl groups is 2. The zero-order valence-corrected chi connectivity index (χ0v) is 14.0. The average Bonchev–Trinajstić information content (AvgIpc) is 3.07. The second kappa shape index (κ2) is 5.78. The average molecular weight is 365 g/mol. The molecule has 1 aromatic rings. The van der Waals surface area contributed by atoms with Crippen LogP contribution in [0.15, 0.2) is 23.9 Å². The summed E-state index contributed by atoms with van der Waals surface area (Å²) in [5.74, 6) is -0.380. The van der Waals surface area contributed by atoms with Crippen LogP contribution in [0.25, 0.3) is 6.08 Å². The molecule has 1 aromatic carbocycles. The Balaban J connectivity index is 1.92. The van der Waals surface area contributed by atoms with Crippen LogP contribution in [-0.2, 0) is 4.79 Å². The van der Waals surface area contributed by atoms with E-state index in [2.05, 4.69) is 15.6 Å². The molecule has 0 radical (unpaired) electrons. The van der Waals surface area contributed by atoms with Crippen molar-refractivity contribution in [2.24, 2.45) is 0 Å². The summed E-state index contributed by atoms with van der Waals surface area (Å²) in [5.41, 5.74) is 1.23. The molecule has 3 rings (SSSR count). The molecule has 1 saturated carbocycles. The van der Waals surface area contributed by atoms with Crippen LogP contribution in [-0.4, -0.2) is 59.3 Å². The van der Waals surface area contributed by atoms with Crippen molar-refractivity contribution in [2.45, 2.75) is 31.7 Å². The Morgan fingerprint density at radius 1 is 1.23 bits per heavy atom. The predicted molar refractivity (Wildman–Crippen MR) is 85.4 cm³/mol. The molecule has 0 bridgehead atoms. The summed E-state index contributed by atoms with van der Waals surface area (Å²) < 4.78 is 0.825. The summed E-state index contributed by atoms with van der Waals surface area (Å²) in [7, 11) is 1.85. The van der Waals surface area contributed by atoms with Gasteiger partial charge in [-0.15, -0.1) is 0 Å². The van der Waals surface area contributed by atoms with Gasteiger partial charge in [0, 0.05) is 0 Å². The number of hydrogen-bond donors (Lipinski definition) is 2. The third kappa shape index (κ3) is 2.53. The van der Waals surface area contributed by atoms with E-state index in [4.69, 9.17) is 0 Å². The van der Waals surface area contributed by atoms with Crippen LogP contribution in [0.4, 0.5) is 0 Å². The van der Waals surface area contributed by atoms with Crippen molar-refractivity contribution in [3.8, 4) is 11.5 Å². The first-order valence-corrected chi connectivity index (χ1v) is 8.19. The van der Waals surface area contributed by atoms with Crippen LogP contribution < -0.4 is 0 Å². The number of hydrogen-bond acceptors (Lipinski definition) is 4. The first-order chi connectivity index (χ1) is 10.5. The molecule has 0 atom stereocenters. The number of likely N-dealkylation sites (N-methyl/N-ethyl adjacent to an activating group) is 1. The van der Waals surface area contributed by atoms with E-state index in [1.54, 1.807) is 12.1 Å². The van der Waals surface area contributed by atoms with Crippen molar-refractivity contribution < 1.29 is 15.0 Å². The monoisotopic (exact) mass is 366 g/mol. The molecule has 1 amide bonds. The fourth-order valence-electron chi connectivity index (χ4n) is 3.05. The third-order valence-corrected chi connectivity index (χ3v) is 5.27. The van der Waals surface area contributed by atoms with Gasteiger partial charge in [0.05, 0.1) is 0 Å². The number of phenols is 2. The van der Waals surface area contributed by atoms with Crippen LogP contribution >= 0.6 is 0 Å². The van der Waals surface area contributed by atoms with Crippen molar-refractivity contribution >= 4 is 32.2 Å². The maximum atomic E-state index is 12.7. The van der Waals surface area contributed by atoms with E-state index < -0.39 is 0 Å². The molecule has 2 fully saturated rings. The summed E-state index contributed by atoms with van der Waals surface area (Å²) in [6.45, 7) is 0. The van der Waals surface area contributed by atoms with Gasteiger partial charge in [-0.05, 0) is 0 Å². The number of carbonyl (C=O) groups is 1. The van der Waals surface area contributed by atoms with Crippen LogP contribution in [0.2, 0.25) is 0 Å². The first kappa shape index (κ1) is 15.1. The second-order valence-corrected chi connectivity index (χ2v) is 6.50. The van der Waals surface area contributed by atoms with E-state index in [0.717, 1.165) is 30.3 Å². The molecule has 22 heavy (non-hydrogen) atoms. The van der Waals surface area contributed by atoms with E-state index in [1.165, 1.54) is 12.1 Å². The van der Waals surface area contributed by atoms with Crippen molar-refractivity contribution in [2.75, 3.05) is 7.05 Å². The van der Waals surface area contributed by atoms with Gasteiger partial charge in [0.15, 0.2) is 0 Å². The maximum absolute atomic E-state index is 12.7. The summed E-state index contributed by atoms with van der Waals surface area (Å²) in [4.78, 5) is 16.4. The van der Waals surface area contributed by atoms with Crippen LogP contribution in [0.1, 0.15) is 31.2 Å². The molecule has 0 unspecified atom stereocenters. The number of rotatable bonds is 2. The summed E-state index contributed by atoms with van der Waals surface area (Å²) in [5, 5.41) is 19.0. The first-order valence-electron chi connectivity index (χ1n) is 7.34. The van der Waals surface area contributed by atoms with E-state index in [9.17, 15) is 15.0 Å². The normalized spacial score (nSPS) is 21.4. The Hall–Kier alpha value is -1.78. The van der Waals surface area contributed by atoms with E-state index in [-0.39, 0.29) is 23.4 Å². The Kier molecular flexibility index (Phi) is 3.98. The molecule has 0 spiro atoms. The van der Waals surface area contributed by atoms with Gasteiger partial charge in [0.1, 0.15) is 0 Å². The molecule has 2 N–H and O–H groups in total. The van der Waals surface area contributed by atoms with Gasteiger partial charge in [-0.2, -0.15) is 0 Å². The SMILES string of the molecule is CN1C(=[Se])N(C2CCCC2)C(=O)C1=Cc1ccc(O)c(O)c1. The van der Waals surface area contributed by atoms with Crippen molar-refractivity contribution in [1.82, 2.24) is 9.80 Å². The Labute approximate surface area is 137 Å². The van der Waals surface area contributed by atoms with Gasteiger partial charge in [0.2, 0.25) is 0 Å². The zero-order chi connectivity index (χ0) is 15.9. The summed E-state index contributed by atoms with van der Waals surface area (Å²) in [6, 6.07) is 4.80. The zero-order valence-electron chi connectivity index (χ0n) is 12.3. The molecular formula is C16H18N2O3Se. The van der Waals surface area contributed by atoms with Crippen LogP contribution in [0.5, 0.6) is 11.5 Å². The molecule has 1 aliphatic heterocycles. The molecule has 2 aliphatic rings. The van der Waals surface area contributed by atoms with Gasteiger partial charge >= 0.3 is 137 Å². The van der Waals surface area contributed by atoms with E-state index in [0.29, 0.717) is 11.3 Å². The van der Waals surface area contributed by atoms with E-state index >= 15 is 0 Å². The van der Waals surface area contributed by atoms with Crippen molar-refractivity contribution in [3.05, 3.63) is 29.5 Å².